The Kier molecular flexibility index (Phi) is 5.17. The standard InChI is InChI=1S/C12H29NOSi2/c1-11(10-13-15(5,6)7)14-16(8,9)12(2,3)4/h10-11H,1-9H3/b13-10+. The Morgan fingerprint density at radius 1 is 1.06 bits per heavy atom. The van der Waals surface area contributed by atoms with E-state index in [9.17, 15) is 0 Å². The van der Waals surface area contributed by atoms with Crippen molar-refractivity contribution in [3.8, 4) is 0 Å². The van der Waals surface area contributed by atoms with Crippen molar-refractivity contribution in [2.24, 2.45) is 4.66 Å². The summed E-state index contributed by atoms with van der Waals surface area (Å²) >= 11 is 0. The van der Waals surface area contributed by atoms with Crippen LogP contribution < -0.4 is 0 Å². The van der Waals surface area contributed by atoms with Crippen molar-refractivity contribution in [2.75, 3.05) is 0 Å². The van der Waals surface area contributed by atoms with Gasteiger partial charge in [-0.15, -0.1) is 0 Å². The highest BCUT2D eigenvalue weighted by Crippen LogP contribution is 2.37. The highest BCUT2D eigenvalue weighted by molar-refractivity contribution is 6.75. The van der Waals surface area contributed by atoms with E-state index in [1.807, 2.05) is 6.21 Å². The largest absolute Gasteiger partial charge is 0.409 e. The molecule has 0 saturated carbocycles. The molecule has 96 valence electrons. The van der Waals surface area contributed by atoms with Crippen LogP contribution in [0.15, 0.2) is 4.66 Å². The first kappa shape index (κ1) is 16.1. The topological polar surface area (TPSA) is 21.6 Å². The number of rotatable bonds is 4. The van der Waals surface area contributed by atoms with E-state index in [0.29, 0.717) is 0 Å². The summed E-state index contributed by atoms with van der Waals surface area (Å²) in [5, 5.41) is 0.272. The summed E-state index contributed by atoms with van der Waals surface area (Å²) in [6.07, 6.45) is 2.15. The fraction of sp³-hybridized carbons (Fsp3) is 0.917. The lowest BCUT2D eigenvalue weighted by Crippen LogP contribution is -2.43. The van der Waals surface area contributed by atoms with Gasteiger partial charge in [0.15, 0.2) is 16.6 Å². The number of hydrogen-bond donors (Lipinski definition) is 0. The van der Waals surface area contributed by atoms with Crippen LogP contribution in [0.1, 0.15) is 27.7 Å². The molecule has 0 rings (SSSR count). The van der Waals surface area contributed by atoms with Gasteiger partial charge in [-0.25, -0.2) is 0 Å². The first-order chi connectivity index (χ1) is 6.85. The van der Waals surface area contributed by atoms with E-state index in [-0.39, 0.29) is 11.1 Å². The predicted molar refractivity (Wildman–Crippen MR) is 79.6 cm³/mol. The maximum Gasteiger partial charge on any atom is 0.192 e. The SMILES string of the molecule is CC(/C=N/[Si](C)(C)C)O[Si](C)(C)C(C)(C)C. The van der Waals surface area contributed by atoms with Gasteiger partial charge in [0.2, 0.25) is 0 Å². The van der Waals surface area contributed by atoms with Crippen LogP contribution in [-0.2, 0) is 4.43 Å². The van der Waals surface area contributed by atoms with Gasteiger partial charge in [0, 0.05) is 6.21 Å². The van der Waals surface area contributed by atoms with E-state index in [2.05, 4.69) is 65.1 Å². The van der Waals surface area contributed by atoms with E-state index < -0.39 is 16.6 Å². The molecule has 0 radical (unpaired) electrons. The molecule has 0 N–H and O–H groups in total. The maximum atomic E-state index is 6.21. The lowest BCUT2D eigenvalue weighted by molar-refractivity contribution is 0.263. The number of nitrogens with zero attached hydrogens (tertiary/aromatic N) is 1. The molecule has 2 nitrogen and oxygen atoms in total. The summed E-state index contributed by atoms with van der Waals surface area (Å²) in [6.45, 7) is 20.2. The Labute approximate surface area is 104 Å². The van der Waals surface area contributed by atoms with Crippen LogP contribution in [0.5, 0.6) is 0 Å². The molecule has 0 heterocycles. The molecule has 0 aliphatic carbocycles. The zero-order chi connectivity index (χ0) is 13.2. The molecule has 0 fully saturated rings. The second-order valence-electron chi connectivity index (χ2n) is 7.03. The summed E-state index contributed by atoms with van der Waals surface area (Å²) in [7, 11) is -2.98. The van der Waals surface area contributed by atoms with E-state index in [4.69, 9.17) is 4.43 Å². The summed E-state index contributed by atoms with van der Waals surface area (Å²) in [5.74, 6) is 0. The molecule has 0 bridgehead atoms. The fourth-order valence-corrected chi connectivity index (χ4v) is 3.00. The van der Waals surface area contributed by atoms with Crippen molar-refractivity contribution in [3.63, 3.8) is 0 Å². The zero-order valence-corrected chi connectivity index (χ0v) is 14.5. The van der Waals surface area contributed by atoms with E-state index in [0.717, 1.165) is 0 Å². The van der Waals surface area contributed by atoms with Crippen molar-refractivity contribution in [1.29, 1.82) is 0 Å². The third-order valence-electron chi connectivity index (χ3n) is 2.96. The third kappa shape index (κ3) is 5.96. The summed E-state index contributed by atoms with van der Waals surface area (Å²) in [5.41, 5.74) is 0. The van der Waals surface area contributed by atoms with Crippen molar-refractivity contribution < 1.29 is 4.43 Å². The molecule has 0 aromatic heterocycles. The lowest BCUT2D eigenvalue weighted by Gasteiger charge is -2.37. The molecule has 0 aliphatic heterocycles. The van der Waals surface area contributed by atoms with Crippen LogP contribution in [0.2, 0.25) is 37.8 Å². The number of hydrogen-bond acceptors (Lipinski definition) is 2. The second-order valence-corrected chi connectivity index (χ2v) is 16.4. The van der Waals surface area contributed by atoms with Gasteiger partial charge in [0.05, 0.1) is 6.10 Å². The minimum atomic E-state index is -1.64. The van der Waals surface area contributed by atoms with Gasteiger partial charge in [-0.05, 0) is 44.7 Å². The Balaban J connectivity index is 4.47. The van der Waals surface area contributed by atoms with E-state index >= 15 is 0 Å². The fourth-order valence-electron chi connectivity index (χ4n) is 1.00. The molecule has 16 heavy (non-hydrogen) atoms. The Hall–Kier alpha value is 0.0638. The molecular formula is C12H29NOSi2. The minimum Gasteiger partial charge on any atom is -0.409 e. The zero-order valence-electron chi connectivity index (χ0n) is 12.5. The molecule has 0 spiro atoms. The van der Waals surface area contributed by atoms with Gasteiger partial charge in [-0.2, -0.15) is 0 Å². The molecule has 0 amide bonds. The molecule has 4 heteroatoms. The van der Waals surface area contributed by atoms with Crippen molar-refractivity contribution in [3.05, 3.63) is 0 Å². The van der Waals surface area contributed by atoms with Gasteiger partial charge < -0.3 is 9.08 Å². The second kappa shape index (κ2) is 5.15. The van der Waals surface area contributed by atoms with Crippen molar-refractivity contribution in [2.45, 2.75) is 71.6 Å². The first-order valence-corrected chi connectivity index (χ1v) is 12.4. The average Bonchev–Trinajstić information content (AvgIpc) is 1.96. The highest BCUT2D eigenvalue weighted by atomic mass is 28.4. The lowest BCUT2D eigenvalue weighted by atomic mass is 10.2. The van der Waals surface area contributed by atoms with Crippen LogP contribution in [0.25, 0.3) is 0 Å². The summed E-state index contributed by atoms with van der Waals surface area (Å²) in [4.78, 5) is 0. The predicted octanol–water partition coefficient (Wildman–Crippen LogP) is 4.30. The molecule has 1 atom stereocenters. The van der Waals surface area contributed by atoms with Gasteiger partial charge in [0.25, 0.3) is 0 Å². The van der Waals surface area contributed by atoms with Crippen LogP contribution in [0.4, 0.5) is 0 Å². The molecule has 0 saturated heterocycles. The third-order valence-corrected chi connectivity index (χ3v) is 8.46. The van der Waals surface area contributed by atoms with E-state index in [1.54, 1.807) is 0 Å². The van der Waals surface area contributed by atoms with Gasteiger partial charge in [-0.3, -0.25) is 0 Å². The Morgan fingerprint density at radius 2 is 1.50 bits per heavy atom. The first-order valence-electron chi connectivity index (χ1n) is 6.08. The minimum absolute atomic E-state index is 0.146. The summed E-state index contributed by atoms with van der Waals surface area (Å²) < 4.78 is 10.8. The van der Waals surface area contributed by atoms with Crippen molar-refractivity contribution >= 4 is 22.8 Å². The van der Waals surface area contributed by atoms with Gasteiger partial charge in [0.1, 0.15) is 0 Å². The molecule has 1 unspecified atom stereocenters. The van der Waals surface area contributed by atoms with E-state index in [1.165, 1.54) is 0 Å². The van der Waals surface area contributed by atoms with Crippen molar-refractivity contribution in [1.82, 2.24) is 0 Å². The molecule has 0 aliphatic rings. The van der Waals surface area contributed by atoms with Gasteiger partial charge >= 0.3 is 0 Å². The average molecular weight is 260 g/mol. The van der Waals surface area contributed by atoms with Crippen LogP contribution in [-0.4, -0.2) is 28.9 Å². The Morgan fingerprint density at radius 3 is 1.81 bits per heavy atom. The molecule has 0 aromatic rings. The van der Waals surface area contributed by atoms with Crippen LogP contribution >= 0.6 is 0 Å². The normalized spacial score (nSPS) is 16.8. The smallest absolute Gasteiger partial charge is 0.192 e. The van der Waals surface area contributed by atoms with Crippen LogP contribution in [0, 0.1) is 0 Å². The molecule has 0 aromatic carbocycles. The monoisotopic (exact) mass is 259 g/mol. The maximum absolute atomic E-state index is 6.21. The van der Waals surface area contributed by atoms with Crippen LogP contribution in [0.3, 0.4) is 0 Å². The quantitative estimate of drug-likeness (QED) is 0.545. The Bertz CT molecular complexity index is 249. The highest BCUT2D eigenvalue weighted by Gasteiger charge is 2.38. The van der Waals surface area contributed by atoms with Gasteiger partial charge in [-0.1, -0.05) is 20.8 Å². The summed E-state index contributed by atoms with van der Waals surface area (Å²) in [6, 6.07) is 0. The molecular weight excluding hydrogens is 230 g/mol.